The Kier molecular flexibility index (Phi) is 3.78. The first-order valence-corrected chi connectivity index (χ1v) is 6.91. The number of nitrogens with zero attached hydrogens (tertiary/aromatic N) is 3. The summed E-state index contributed by atoms with van der Waals surface area (Å²) < 4.78 is 2.23. The van der Waals surface area contributed by atoms with Crippen LogP contribution in [0.3, 0.4) is 0 Å². The van der Waals surface area contributed by atoms with Crippen molar-refractivity contribution >= 4 is 0 Å². The Morgan fingerprint density at radius 3 is 2.78 bits per heavy atom. The smallest absolute Gasteiger partial charge is 0.0948 e. The lowest BCUT2D eigenvalue weighted by molar-refractivity contribution is 0.259. The lowest BCUT2D eigenvalue weighted by atomic mass is 10.0. The van der Waals surface area contributed by atoms with Crippen LogP contribution in [0, 0.1) is 5.92 Å². The van der Waals surface area contributed by atoms with Gasteiger partial charge in [-0.05, 0) is 46.6 Å². The lowest BCUT2D eigenvalue weighted by Crippen LogP contribution is -2.33. The number of likely N-dealkylation sites (tertiary alicyclic amines) is 1. The largest absolute Gasteiger partial charge is 0.333 e. The fraction of sp³-hybridized carbons (Fsp3) is 0.786. The summed E-state index contributed by atoms with van der Waals surface area (Å²) in [6, 6.07) is 0.656. The van der Waals surface area contributed by atoms with Gasteiger partial charge in [0.2, 0.25) is 0 Å². The van der Waals surface area contributed by atoms with E-state index in [0.717, 1.165) is 18.2 Å². The Balaban J connectivity index is 2.01. The van der Waals surface area contributed by atoms with E-state index in [1.807, 2.05) is 26.4 Å². The molecular formula is C14H26N4. The molecule has 1 aliphatic heterocycles. The highest BCUT2D eigenvalue weighted by molar-refractivity contribution is 5.10. The highest BCUT2D eigenvalue weighted by atomic mass is 15.2. The van der Waals surface area contributed by atoms with Crippen LogP contribution in [0.4, 0.5) is 0 Å². The molecule has 0 saturated carbocycles. The Morgan fingerprint density at radius 1 is 1.50 bits per heavy atom. The Bertz CT molecular complexity index is 389. The summed E-state index contributed by atoms with van der Waals surface area (Å²) in [4.78, 5) is 6.80. The van der Waals surface area contributed by atoms with Crippen molar-refractivity contribution < 1.29 is 0 Å². The van der Waals surface area contributed by atoms with Crippen LogP contribution in [0.1, 0.15) is 39.8 Å². The van der Waals surface area contributed by atoms with Crippen molar-refractivity contribution in [3.63, 3.8) is 0 Å². The minimum Gasteiger partial charge on any atom is -0.333 e. The van der Waals surface area contributed by atoms with Crippen LogP contribution >= 0.6 is 0 Å². The van der Waals surface area contributed by atoms with Crippen LogP contribution in [0.5, 0.6) is 0 Å². The zero-order chi connectivity index (χ0) is 13.3. The second-order valence-corrected chi connectivity index (χ2v) is 6.40. The molecule has 4 heteroatoms. The van der Waals surface area contributed by atoms with Gasteiger partial charge < -0.3 is 15.2 Å². The van der Waals surface area contributed by atoms with Crippen LogP contribution in [-0.4, -0.2) is 33.6 Å². The number of imidazole rings is 1. The molecule has 0 aromatic carbocycles. The van der Waals surface area contributed by atoms with E-state index in [9.17, 15) is 0 Å². The van der Waals surface area contributed by atoms with Crippen molar-refractivity contribution in [2.45, 2.75) is 52.2 Å². The second kappa shape index (κ2) is 5.02. The van der Waals surface area contributed by atoms with Crippen LogP contribution in [0.15, 0.2) is 12.5 Å². The summed E-state index contributed by atoms with van der Waals surface area (Å²) in [5, 5.41) is 0. The van der Waals surface area contributed by atoms with Crippen LogP contribution < -0.4 is 5.73 Å². The van der Waals surface area contributed by atoms with Gasteiger partial charge in [0.15, 0.2) is 0 Å². The first-order chi connectivity index (χ1) is 8.38. The molecule has 1 aromatic rings. The van der Waals surface area contributed by atoms with E-state index in [2.05, 4.69) is 28.3 Å². The van der Waals surface area contributed by atoms with Crippen LogP contribution in [0.25, 0.3) is 0 Å². The van der Waals surface area contributed by atoms with Gasteiger partial charge in [-0.2, -0.15) is 0 Å². The standard InChI is InChI=1S/C14H26N4/c1-11(2)17-6-5-12(8-17)9-18-10-16-7-13(18)14(3,4)15/h7,10-12H,5-6,8-9,15H2,1-4H3. The normalized spacial score (nSPS) is 22.0. The summed E-state index contributed by atoms with van der Waals surface area (Å²) in [6.45, 7) is 12.1. The van der Waals surface area contributed by atoms with E-state index >= 15 is 0 Å². The number of hydrogen-bond acceptors (Lipinski definition) is 3. The molecule has 1 atom stereocenters. The van der Waals surface area contributed by atoms with Gasteiger partial charge in [0.1, 0.15) is 0 Å². The maximum absolute atomic E-state index is 6.18. The van der Waals surface area contributed by atoms with E-state index in [4.69, 9.17) is 5.73 Å². The molecule has 18 heavy (non-hydrogen) atoms. The monoisotopic (exact) mass is 250 g/mol. The number of hydrogen-bond donors (Lipinski definition) is 1. The summed E-state index contributed by atoms with van der Waals surface area (Å²) in [6.07, 6.45) is 5.10. The van der Waals surface area contributed by atoms with Gasteiger partial charge in [-0.25, -0.2) is 4.98 Å². The summed E-state index contributed by atoms with van der Waals surface area (Å²) >= 11 is 0. The molecule has 1 aromatic heterocycles. The van der Waals surface area contributed by atoms with Crippen molar-refractivity contribution in [1.29, 1.82) is 0 Å². The van der Waals surface area contributed by atoms with E-state index in [0.29, 0.717) is 6.04 Å². The molecule has 1 fully saturated rings. The predicted molar refractivity (Wildman–Crippen MR) is 74.3 cm³/mol. The molecule has 102 valence electrons. The van der Waals surface area contributed by atoms with Crippen molar-refractivity contribution in [3.05, 3.63) is 18.2 Å². The summed E-state index contributed by atoms with van der Waals surface area (Å²) in [5.41, 5.74) is 7.00. The number of rotatable bonds is 4. The topological polar surface area (TPSA) is 47.1 Å². The van der Waals surface area contributed by atoms with Gasteiger partial charge in [-0.1, -0.05) is 0 Å². The molecule has 4 nitrogen and oxygen atoms in total. The molecule has 0 amide bonds. The highest BCUT2D eigenvalue weighted by Crippen LogP contribution is 2.23. The van der Waals surface area contributed by atoms with Crippen molar-refractivity contribution in [2.75, 3.05) is 13.1 Å². The minimum absolute atomic E-state index is 0.313. The quantitative estimate of drug-likeness (QED) is 0.886. The Labute approximate surface area is 110 Å². The maximum atomic E-state index is 6.18. The van der Waals surface area contributed by atoms with Gasteiger partial charge in [0.05, 0.1) is 17.6 Å². The van der Waals surface area contributed by atoms with Gasteiger partial charge in [0, 0.05) is 25.3 Å². The van der Waals surface area contributed by atoms with Gasteiger partial charge in [0.25, 0.3) is 0 Å². The fourth-order valence-electron chi connectivity index (χ4n) is 2.76. The Morgan fingerprint density at radius 2 is 2.22 bits per heavy atom. The van der Waals surface area contributed by atoms with Crippen molar-refractivity contribution in [2.24, 2.45) is 11.7 Å². The average Bonchev–Trinajstić information content (AvgIpc) is 2.85. The predicted octanol–water partition coefficient (Wildman–Crippen LogP) is 1.81. The SMILES string of the molecule is CC(C)N1CCC(Cn2cncc2C(C)(C)N)C1. The minimum atomic E-state index is -0.313. The van der Waals surface area contributed by atoms with E-state index in [1.54, 1.807) is 0 Å². The number of aromatic nitrogens is 2. The first-order valence-electron chi connectivity index (χ1n) is 6.91. The maximum Gasteiger partial charge on any atom is 0.0948 e. The molecule has 1 saturated heterocycles. The molecule has 1 aliphatic rings. The molecule has 2 rings (SSSR count). The van der Waals surface area contributed by atoms with E-state index in [1.165, 1.54) is 19.5 Å². The fourth-order valence-corrected chi connectivity index (χ4v) is 2.76. The summed E-state index contributed by atoms with van der Waals surface area (Å²) in [7, 11) is 0. The van der Waals surface area contributed by atoms with Gasteiger partial charge in [-0.3, -0.25) is 0 Å². The summed E-state index contributed by atoms with van der Waals surface area (Å²) in [5.74, 6) is 0.725. The van der Waals surface area contributed by atoms with E-state index in [-0.39, 0.29) is 5.54 Å². The molecule has 1 unspecified atom stereocenters. The lowest BCUT2D eigenvalue weighted by Gasteiger charge is -2.23. The second-order valence-electron chi connectivity index (χ2n) is 6.40. The van der Waals surface area contributed by atoms with Gasteiger partial charge in [-0.15, -0.1) is 0 Å². The van der Waals surface area contributed by atoms with Crippen LogP contribution in [0.2, 0.25) is 0 Å². The molecule has 2 N–H and O–H groups in total. The third-order valence-corrected chi connectivity index (χ3v) is 3.87. The third kappa shape index (κ3) is 2.93. The Hall–Kier alpha value is -0.870. The van der Waals surface area contributed by atoms with E-state index < -0.39 is 0 Å². The third-order valence-electron chi connectivity index (χ3n) is 3.87. The zero-order valence-corrected chi connectivity index (χ0v) is 12.1. The van der Waals surface area contributed by atoms with Crippen molar-refractivity contribution in [3.8, 4) is 0 Å². The first kappa shape index (κ1) is 13.6. The highest BCUT2D eigenvalue weighted by Gasteiger charge is 2.26. The molecule has 0 bridgehead atoms. The molecule has 0 aliphatic carbocycles. The molecule has 0 radical (unpaired) electrons. The number of nitrogens with two attached hydrogens (primary N) is 1. The molecular weight excluding hydrogens is 224 g/mol. The van der Waals surface area contributed by atoms with Crippen molar-refractivity contribution in [1.82, 2.24) is 14.5 Å². The average molecular weight is 250 g/mol. The molecule has 2 heterocycles. The van der Waals surface area contributed by atoms with Gasteiger partial charge >= 0.3 is 0 Å². The zero-order valence-electron chi connectivity index (χ0n) is 12.1. The van der Waals surface area contributed by atoms with Crippen LogP contribution in [-0.2, 0) is 12.1 Å². The molecule has 0 spiro atoms.